The van der Waals surface area contributed by atoms with E-state index >= 15 is 0 Å². The second kappa shape index (κ2) is 7.98. The fourth-order valence-corrected chi connectivity index (χ4v) is 5.23. The molecule has 0 bridgehead atoms. The molecular formula is C20H17BrN4OS2. The van der Waals surface area contributed by atoms with Crippen molar-refractivity contribution in [3.8, 4) is 0 Å². The molecule has 0 aliphatic carbocycles. The molecule has 2 atom stereocenters. The molecule has 0 unspecified atom stereocenters. The number of pyridine rings is 1. The highest BCUT2D eigenvalue weighted by atomic mass is 79.9. The molecule has 0 saturated carbocycles. The van der Waals surface area contributed by atoms with Gasteiger partial charge >= 0.3 is 0 Å². The van der Waals surface area contributed by atoms with Gasteiger partial charge in [-0.2, -0.15) is 0 Å². The molecule has 142 valence electrons. The number of halogens is 1. The highest BCUT2D eigenvalue weighted by molar-refractivity contribution is 9.10. The van der Waals surface area contributed by atoms with Crippen LogP contribution < -0.4 is 15.5 Å². The van der Waals surface area contributed by atoms with Crippen molar-refractivity contribution in [1.82, 2.24) is 10.3 Å². The Morgan fingerprint density at radius 1 is 1.29 bits per heavy atom. The van der Waals surface area contributed by atoms with Crippen LogP contribution in [0.2, 0.25) is 0 Å². The van der Waals surface area contributed by atoms with Crippen molar-refractivity contribution in [2.75, 3.05) is 10.2 Å². The predicted molar refractivity (Wildman–Crippen MR) is 121 cm³/mol. The van der Waals surface area contributed by atoms with Crippen molar-refractivity contribution in [3.05, 3.63) is 75.2 Å². The molecule has 3 heterocycles. The molecule has 1 aromatic carbocycles. The second-order valence-electron chi connectivity index (χ2n) is 6.39. The third kappa shape index (κ3) is 3.80. The van der Waals surface area contributed by atoms with Crippen molar-refractivity contribution in [2.45, 2.75) is 19.0 Å². The number of amides is 1. The van der Waals surface area contributed by atoms with E-state index < -0.39 is 0 Å². The lowest BCUT2D eigenvalue weighted by Crippen LogP contribution is -2.29. The fourth-order valence-electron chi connectivity index (χ4n) is 3.31. The van der Waals surface area contributed by atoms with E-state index in [-0.39, 0.29) is 18.0 Å². The first-order valence-electron chi connectivity index (χ1n) is 8.65. The van der Waals surface area contributed by atoms with E-state index in [0.29, 0.717) is 5.11 Å². The van der Waals surface area contributed by atoms with Gasteiger partial charge in [0.1, 0.15) is 0 Å². The summed E-state index contributed by atoms with van der Waals surface area (Å²) in [5.41, 5.74) is 2.65. The van der Waals surface area contributed by atoms with Crippen molar-refractivity contribution in [1.29, 1.82) is 0 Å². The quantitative estimate of drug-likeness (QED) is 0.520. The van der Waals surface area contributed by atoms with E-state index in [1.807, 2.05) is 42.5 Å². The van der Waals surface area contributed by atoms with Gasteiger partial charge in [0.25, 0.3) is 0 Å². The molecular weight excluding hydrogens is 456 g/mol. The van der Waals surface area contributed by atoms with Crippen LogP contribution in [0, 0.1) is 0 Å². The van der Waals surface area contributed by atoms with Crippen molar-refractivity contribution >= 4 is 61.9 Å². The van der Waals surface area contributed by atoms with Crippen LogP contribution in [-0.4, -0.2) is 16.0 Å². The smallest absolute Gasteiger partial charge is 0.221 e. The van der Waals surface area contributed by atoms with Gasteiger partial charge in [0.15, 0.2) is 5.11 Å². The van der Waals surface area contributed by atoms with E-state index in [1.54, 1.807) is 17.5 Å². The van der Waals surface area contributed by atoms with Gasteiger partial charge in [0.05, 0.1) is 17.8 Å². The normalized spacial score (nSPS) is 18.8. The number of aromatic nitrogens is 1. The van der Waals surface area contributed by atoms with Gasteiger partial charge < -0.3 is 15.5 Å². The summed E-state index contributed by atoms with van der Waals surface area (Å²) in [6.07, 6.45) is 1.80. The van der Waals surface area contributed by atoms with Crippen molar-refractivity contribution in [2.24, 2.45) is 0 Å². The van der Waals surface area contributed by atoms with Gasteiger partial charge in [-0.15, -0.1) is 11.3 Å². The molecule has 5 nitrogen and oxygen atoms in total. The topological polar surface area (TPSA) is 57.3 Å². The van der Waals surface area contributed by atoms with Gasteiger partial charge in [-0.05, 0) is 70.6 Å². The number of carbonyl (C=O) groups is 1. The van der Waals surface area contributed by atoms with Gasteiger partial charge in [-0.1, -0.05) is 6.07 Å². The lowest BCUT2D eigenvalue weighted by atomic mass is 10.0. The average Bonchev–Trinajstić information content (AvgIpc) is 3.26. The number of rotatable bonds is 4. The lowest BCUT2D eigenvalue weighted by Gasteiger charge is -2.27. The number of hydrogen-bond acceptors (Lipinski definition) is 4. The SMILES string of the molecule is CC(=O)Nc1ccc(N2C(=S)N[C@H](c3ccccn3)[C@H]2c2cc(Br)cs2)cc1. The Morgan fingerprint density at radius 3 is 2.68 bits per heavy atom. The number of thiophene rings is 1. The van der Waals surface area contributed by atoms with Crippen molar-refractivity contribution in [3.63, 3.8) is 0 Å². The third-order valence-electron chi connectivity index (χ3n) is 4.44. The largest absolute Gasteiger partial charge is 0.351 e. The van der Waals surface area contributed by atoms with Gasteiger partial charge in [-0.3, -0.25) is 9.78 Å². The summed E-state index contributed by atoms with van der Waals surface area (Å²) in [4.78, 5) is 19.1. The molecule has 4 rings (SSSR count). The maximum atomic E-state index is 11.3. The molecule has 1 fully saturated rings. The molecule has 3 aromatic rings. The van der Waals surface area contributed by atoms with Crippen LogP contribution >= 0.6 is 39.5 Å². The summed E-state index contributed by atoms with van der Waals surface area (Å²) in [5.74, 6) is -0.0948. The van der Waals surface area contributed by atoms with E-state index in [4.69, 9.17) is 12.2 Å². The summed E-state index contributed by atoms with van der Waals surface area (Å²) < 4.78 is 1.05. The third-order valence-corrected chi connectivity index (χ3v) is 6.52. The van der Waals surface area contributed by atoms with Crippen molar-refractivity contribution < 1.29 is 4.79 Å². The molecule has 1 saturated heterocycles. The van der Waals surface area contributed by atoms with Gasteiger partial charge in [-0.25, -0.2) is 0 Å². The molecule has 0 spiro atoms. The lowest BCUT2D eigenvalue weighted by molar-refractivity contribution is -0.114. The van der Waals surface area contributed by atoms with Crippen LogP contribution in [0.4, 0.5) is 11.4 Å². The number of nitrogens with one attached hydrogen (secondary N) is 2. The standard InChI is InChI=1S/C20H17BrN4OS2/c1-12(26)23-14-5-7-15(8-6-14)25-19(17-10-13(21)11-28-17)18(24-20(25)27)16-4-2-3-9-22-16/h2-11,18-19H,1H3,(H,23,26)(H,24,27)/t18-,19-/m1/s1. The monoisotopic (exact) mass is 472 g/mol. The predicted octanol–water partition coefficient (Wildman–Crippen LogP) is 5.04. The van der Waals surface area contributed by atoms with Crippen LogP contribution in [-0.2, 0) is 4.79 Å². The zero-order valence-electron chi connectivity index (χ0n) is 14.9. The summed E-state index contributed by atoms with van der Waals surface area (Å²) in [6, 6.07) is 15.7. The number of carbonyl (C=O) groups excluding carboxylic acids is 1. The minimum atomic E-state index is -0.0948. The summed E-state index contributed by atoms with van der Waals surface area (Å²) in [5, 5.41) is 8.96. The molecule has 0 radical (unpaired) electrons. The van der Waals surface area contributed by atoms with Gasteiger partial charge in [0, 0.05) is 39.2 Å². The molecule has 2 aromatic heterocycles. The minimum Gasteiger partial charge on any atom is -0.351 e. The minimum absolute atomic E-state index is 0.0229. The highest BCUT2D eigenvalue weighted by Crippen LogP contribution is 2.44. The summed E-state index contributed by atoms with van der Waals surface area (Å²) in [6.45, 7) is 1.50. The molecule has 2 N–H and O–H groups in total. The summed E-state index contributed by atoms with van der Waals surface area (Å²) in [7, 11) is 0. The Hall–Kier alpha value is -2.29. The van der Waals surface area contributed by atoms with Crippen LogP contribution in [0.5, 0.6) is 0 Å². The zero-order chi connectivity index (χ0) is 19.7. The number of thiocarbonyl (C=S) groups is 1. The molecule has 1 amide bonds. The first-order chi connectivity index (χ1) is 13.5. The van der Waals surface area contributed by atoms with E-state index in [9.17, 15) is 4.79 Å². The second-order valence-corrected chi connectivity index (χ2v) is 8.64. The first-order valence-corrected chi connectivity index (χ1v) is 10.7. The highest BCUT2D eigenvalue weighted by Gasteiger charge is 2.41. The van der Waals surface area contributed by atoms with Crippen LogP contribution in [0.25, 0.3) is 0 Å². The van der Waals surface area contributed by atoms with Crippen LogP contribution in [0.1, 0.15) is 29.6 Å². The molecule has 1 aliphatic heterocycles. The zero-order valence-corrected chi connectivity index (χ0v) is 18.1. The Morgan fingerprint density at radius 2 is 2.07 bits per heavy atom. The molecule has 1 aliphatic rings. The summed E-state index contributed by atoms with van der Waals surface area (Å²) >= 11 is 10.9. The Bertz CT molecular complexity index is 1010. The Labute approximate surface area is 180 Å². The Balaban J connectivity index is 1.74. The number of anilines is 2. The maximum Gasteiger partial charge on any atom is 0.221 e. The van der Waals surface area contributed by atoms with E-state index in [0.717, 1.165) is 21.5 Å². The van der Waals surface area contributed by atoms with Gasteiger partial charge in [0.2, 0.25) is 5.91 Å². The number of hydrogen-bond donors (Lipinski definition) is 2. The van der Waals surface area contributed by atoms with Crippen LogP contribution in [0.15, 0.2) is 64.6 Å². The average molecular weight is 473 g/mol. The maximum absolute atomic E-state index is 11.3. The molecule has 28 heavy (non-hydrogen) atoms. The fraction of sp³-hybridized carbons (Fsp3) is 0.150. The van der Waals surface area contributed by atoms with Crippen LogP contribution in [0.3, 0.4) is 0 Å². The van der Waals surface area contributed by atoms with E-state index in [1.165, 1.54) is 11.8 Å². The Kier molecular flexibility index (Phi) is 5.43. The number of benzene rings is 1. The van der Waals surface area contributed by atoms with E-state index in [2.05, 4.69) is 47.9 Å². The first kappa shape index (κ1) is 19.0. The molecule has 8 heteroatoms. The number of nitrogens with zero attached hydrogens (tertiary/aromatic N) is 2.